The monoisotopic (exact) mass is 643 g/mol. The minimum absolute atomic E-state index is 0.170. The summed E-state index contributed by atoms with van der Waals surface area (Å²) in [5.41, 5.74) is 5.75. The summed E-state index contributed by atoms with van der Waals surface area (Å²) >= 11 is 1.34. The molecule has 9 nitrogen and oxygen atoms in total. The van der Waals surface area contributed by atoms with Crippen LogP contribution in [0.15, 0.2) is 72.9 Å². The highest BCUT2D eigenvalue weighted by Gasteiger charge is 2.32. The Balaban J connectivity index is 1.20. The van der Waals surface area contributed by atoms with E-state index in [2.05, 4.69) is 10.4 Å². The molecule has 0 spiro atoms. The lowest BCUT2D eigenvalue weighted by atomic mass is 10.1. The summed E-state index contributed by atoms with van der Waals surface area (Å²) in [6, 6.07) is 19.6. The van der Waals surface area contributed by atoms with Gasteiger partial charge in [-0.05, 0) is 67.6 Å². The molecule has 1 aliphatic carbocycles. The van der Waals surface area contributed by atoms with Crippen molar-refractivity contribution in [2.75, 3.05) is 23.0 Å². The summed E-state index contributed by atoms with van der Waals surface area (Å²) in [7, 11) is -3.57. The fraction of sp³-hybridized carbons (Fsp3) is 0.242. The van der Waals surface area contributed by atoms with Gasteiger partial charge in [0.25, 0.3) is 15.9 Å². The smallest absolute Gasteiger partial charge is 0.265 e. The Labute approximate surface area is 264 Å². The van der Waals surface area contributed by atoms with E-state index < -0.39 is 22.1 Å². The molecule has 4 heterocycles. The third-order valence-electron chi connectivity index (χ3n) is 8.21. The third-order valence-corrected chi connectivity index (χ3v) is 10.3. The average Bonchev–Trinajstić information content (AvgIpc) is 3.65. The molecule has 12 heteroatoms. The normalized spacial score (nSPS) is 15.2. The van der Waals surface area contributed by atoms with Gasteiger partial charge in [0.1, 0.15) is 5.82 Å². The number of halogens is 1. The molecule has 2 aliphatic rings. The van der Waals surface area contributed by atoms with Crippen LogP contribution >= 0.6 is 11.3 Å². The average molecular weight is 644 g/mol. The molecule has 2 N–H and O–H groups in total. The Hall–Kier alpha value is -4.39. The number of thiophene rings is 1. The molecule has 1 aliphatic heterocycles. The van der Waals surface area contributed by atoms with E-state index >= 15 is 0 Å². The topological polar surface area (TPSA) is 117 Å². The van der Waals surface area contributed by atoms with Gasteiger partial charge in [-0.2, -0.15) is 9.19 Å². The molecule has 5 aromatic rings. The first-order valence-electron chi connectivity index (χ1n) is 14.6. The highest BCUT2D eigenvalue weighted by atomic mass is 32.2. The molecule has 2 aromatic carbocycles. The zero-order valence-corrected chi connectivity index (χ0v) is 26.2. The molecule has 0 radical (unpaired) electrons. The molecule has 7 rings (SSSR count). The van der Waals surface area contributed by atoms with Crippen molar-refractivity contribution in [3.05, 3.63) is 106 Å². The van der Waals surface area contributed by atoms with E-state index in [1.807, 2.05) is 35.2 Å². The number of fused-ring (bicyclic) bond motifs is 3. The van der Waals surface area contributed by atoms with Crippen molar-refractivity contribution < 1.29 is 22.7 Å². The number of benzene rings is 2. The first-order chi connectivity index (χ1) is 21.6. The highest BCUT2D eigenvalue weighted by Crippen LogP contribution is 2.45. The van der Waals surface area contributed by atoms with E-state index in [9.17, 15) is 22.7 Å². The van der Waals surface area contributed by atoms with Gasteiger partial charge in [-0.3, -0.25) is 4.79 Å². The second-order valence-electron chi connectivity index (χ2n) is 11.5. The molecular weight excluding hydrogens is 614 g/mol. The van der Waals surface area contributed by atoms with Crippen molar-refractivity contribution in [3.8, 4) is 21.7 Å². The first kappa shape index (κ1) is 29.3. The quantitative estimate of drug-likeness (QED) is 0.220. The SMILES string of the molecule is Cc1cccc(F)c1NC(=O)c1cc2c(s1)-c1ccccc1N(C(O)c1cccc(-c3cn(S(C)(=O)=O)nc3C3CC3)n1)CC2. The van der Waals surface area contributed by atoms with Gasteiger partial charge in [0.2, 0.25) is 0 Å². The van der Waals surface area contributed by atoms with Gasteiger partial charge >= 0.3 is 0 Å². The van der Waals surface area contributed by atoms with Crippen molar-refractivity contribution in [1.82, 2.24) is 14.2 Å². The number of hydrogen-bond donors (Lipinski definition) is 2. The zero-order chi connectivity index (χ0) is 31.5. The van der Waals surface area contributed by atoms with Crippen LogP contribution in [0.3, 0.4) is 0 Å². The number of aliphatic hydroxyl groups is 1. The van der Waals surface area contributed by atoms with Crippen molar-refractivity contribution in [3.63, 3.8) is 0 Å². The van der Waals surface area contributed by atoms with E-state index in [0.717, 1.165) is 44.9 Å². The minimum Gasteiger partial charge on any atom is -0.368 e. The lowest BCUT2D eigenvalue weighted by Gasteiger charge is -2.30. The molecule has 1 saturated carbocycles. The van der Waals surface area contributed by atoms with Crippen LogP contribution in [0.1, 0.15) is 57.2 Å². The summed E-state index contributed by atoms with van der Waals surface area (Å²) in [5, 5.41) is 18.8. The maximum absolute atomic E-state index is 14.4. The number of para-hydroxylation sites is 2. The Morgan fingerprint density at radius 3 is 2.62 bits per heavy atom. The maximum Gasteiger partial charge on any atom is 0.265 e. The molecule has 1 amide bonds. The first-order valence-corrected chi connectivity index (χ1v) is 17.3. The molecular formula is C33H30FN5O4S2. The molecule has 45 heavy (non-hydrogen) atoms. The van der Waals surface area contributed by atoms with E-state index in [1.54, 1.807) is 37.3 Å². The van der Waals surface area contributed by atoms with Gasteiger partial charge in [0.15, 0.2) is 6.23 Å². The highest BCUT2D eigenvalue weighted by molar-refractivity contribution is 7.89. The molecule has 1 unspecified atom stereocenters. The lowest BCUT2D eigenvalue weighted by molar-refractivity contribution is 0.102. The summed E-state index contributed by atoms with van der Waals surface area (Å²) in [6.45, 7) is 2.19. The predicted octanol–water partition coefficient (Wildman–Crippen LogP) is 6.11. The Kier molecular flexibility index (Phi) is 7.30. The van der Waals surface area contributed by atoms with Crippen molar-refractivity contribution >= 4 is 38.6 Å². The number of carbonyl (C=O) groups is 1. The van der Waals surface area contributed by atoms with Gasteiger partial charge < -0.3 is 15.3 Å². The van der Waals surface area contributed by atoms with Gasteiger partial charge in [0.05, 0.1) is 40.1 Å². The molecule has 0 saturated heterocycles. The van der Waals surface area contributed by atoms with Crippen LogP contribution in [0.4, 0.5) is 15.8 Å². The van der Waals surface area contributed by atoms with Crippen molar-refractivity contribution in [2.45, 2.75) is 38.3 Å². The standard InChI is InChI=1S/C33H30FN5O4S2/c1-19-7-5-9-24(34)29(19)36-32(40)28-17-21-15-16-38(27-12-4-3-8-22(27)31(21)44-28)33(41)26-11-6-10-25(35-26)23-18-39(45(2,42)43)37-30(23)20-13-14-20/h3-12,17-18,20,33,41H,13-16H2,1-2H3,(H,36,40). The number of nitrogens with zero attached hydrogens (tertiary/aromatic N) is 4. The molecule has 1 atom stereocenters. The lowest BCUT2D eigenvalue weighted by Crippen LogP contribution is -2.31. The number of aromatic nitrogens is 3. The fourth-order valence-electron chi connectivity index (χ4n) is 5.75. The largest absolute Gasteiger partial charge is 0.368 e. The van der Waals surface area contributed by atoms with E-state index in [1.165, 1.54) is 23.6 Å². The summed E-state index contributed by atoms with van der Waals surface area (Å²) in [6.07, 6.45) is 3.95. The van der Waals surface area contributed by atoms with Crippen molar-refractivity contribution in [1.29, 1.82) is 0 Å². The number of carbonyl (C=O) groups excluding carboxylic acids is 1. The number of rotatable bonds is 7. The number of aliphatic hydroxyl groups excluding tert-OH is 1. The second-order valence-corrected chi connectivity index (χ2v) is 14.4. The number of nitrogens with one attached hydrogen (secondary N) is 1. The number of amides is 1. The van der Waals surface area contributed by atoms with Gasteiger partial charge in [0, 0.05) is 34.2 Å². The number of hydrogen-bond acceptors (Lipinski definition) is 8. The van der Waals surface area contributed by atoms with Crippen LogP contribution in [0.5, 0.6) is 0 Å². The summed E-state index contributed by atoms with van der Waals surface area (Å²) in [4.78, 5) is 21.3. The van der Waals surface area contributed by atoms with Crippen LogP contribution in [0, 0.1) is 12.7 Å². The van der Waals surface area contributed by atoms with Crippen LogP contribution < -0.4 is 10.2 Å². The molecule has 230 valence electrons. The number of pyridine rings is 1. The predicted molar refractivity (Wildman–Crippen MR) is 173 cm³/mol. The Morgan fingerprint density at radius 1 is 1.09 bits per heavy atom. The number of anilines is 2. The fourth-order valence-corrected chi connectivity index (χ4v) is 7.42. The van der Waals surface area contributed by atoms with E-state index in [0.29, 0.717) is 46.1 Å². The van der Waals surface area contributed by atoms with E-state index in [-0.39, 0.29) is 17.5 Å². The number of aryl methyl sites for hydroxylation is 1. The van der Waals surface area contributed by atoms with Crippen molar-refractivity contribution in [2.24, 2.45) is 0 Å². The minimum atomic E-state index is -3.57. The van der Waals surface area contributed by atoms with Gasteiger partial charge in [-0.1, -0.05) is 36.4 Å². The Bertz CT molecular complexity index is 2050. The summed E-state index contributed by atoms with van der Waals surface area (Å²) in [5.74, 6) is -0.666. The van der Waals surface area contributed by atoms with Crippen LogP contribution in [-0.4, -0.2) is 46.4 Å². The van der Waals surface area contributed by atoms with Crippen LogP contribution in [-0.2, 0) is 16.4 Å². The maximum atomic E-state index is 14.4. The Morgan fingerprint density at radius 2 is 1.87 bits per heavy atom. The van der Waals surface area contributed by atoms with Gasteiger partial charge in [-0.15, -0.1) is 11.3 Å². The second kappa shape index (κ2) is 11.2. The van der Waals surface area contributed by atoms with Crippen LogP contribution in [0.25, 0.3) is 21.7 Å². The zero-order valence-electron chi connectivity index (χ0n) is 24.6. The van der Waals surface area contributed by atoms with E-state index in [4.69, 9.17) is 4.98 Å². The molecule has 0 bridgehead atoms. The summed E-state index contributed by atoms with van der Waals surface area (Å²) < 4.78 is 39.9. The van der Waals surface area contributed by atoms with Gasteiger partial charge in [-0.25, -0.2) is 17.8 Å². The molecule has 3 aromatic heterocycles. The van der Waals surface area contributed by atoms with Crippen LogP contribution in [0.2, 0.25) is 0 Å². The third kappa shape index (κ3) is 5.54. The molecule has 1 fully saturated rings.